The lowest BCUT2D eigenvalue weighted by Gasteiger charge is -2.28. The van der Waals surface area contributed by atoms with Crippen molar-refractivity contribution in [1.29, 1.82) is 0 Å². The van der Waals surface area contributed by atoms with Gasteiger partial charge < -0.3 is 4.74 Å². The molecule has 0 amide bonds. The third kappa shape index (κ3) is 7.22. The first kappa shape index (κ1) is 26.9. The van der Waals surface area contributed by atoms with Crippen LogP contribution in [-0.4, -0.2) is 42.1 Å². The van der Waals surface area contributed by atoms with Crippen LogP contribution in [0, 0.1) is 13.8 Å². The summed E-state index contributed by atoms with van der Waals surface area (Å²) in [6.45, 7) is 8.12. The van der Waals surface area contributed by atoms with Gasteiger partial charge in [-0.25, -0.2) is 0 Å². The van der Waals surface area contributed by atoms with E-state index in [0.717, 1.165) is 19.5 Å². The van der Waals surface area contributed by atoms with Gasteiger partial charge in [-0.2, -0.15) is 13.2 Å². The van der Waals surface area contributed by atoms with Crippen molar-refractivity contribution in [3.8, 4) is 5.75 Å². The van der Waals surface area contributed by atoms with Crippen LogP contribution in [0.25, 0.3) is 0 Å². The lowest BCUT2D eigenvalue weighted by atomic mass is 9.89. The average Bonchev–Trinajstić information content (AvgIpc) is 3.21. The van der Waals surface area contributed by atoms with Gasteiger partial charge in [-0.05, 0) is 56.0 Å². The van der Waals surface area contributed by atoms with Crippen molar-refractivity contribution < 1.29 is 22.7 Å². The third-order valence-corrected chi connectivity index (χ3v) is 7.23. The molecule has 4 rings (SSSR count). The first-order chi connectivity index (χ1) is 17.6. The number of Topliss-reactive ketones (excluding diaryl/α,β-unsaturated/α-hetero) is 1. The molecule has 1 fully saturated rings. The van der Waals surface area contributed by atoms with Gasteiger partial charge >= 0.3 is 6.18 Å². The molecule has 0 aliphatic carbocycles. The van der Waals surface area contributed by atoms with Crippen molar-refractivity contribution in [3.63, 3.8) is 0 Å². The third-order valence-electron chi connectivity index (χ3n) is 7.23. The average molecular weight is 510 g/mol. The Morgan fingerprint density at radius 2 is 1.46 bits per heavy atom. The van der Waals surface area contributed by atoms with Gasteiger partial charge in [-0.3, -0.25) is 9.69 Å². The predicted octanol–water partition coefficient (Wildman–Crippen LogP) is 7.04. The fraction of sp³-hybridized carbons (Fsp3) is 0.387. The molecule has 2 unspecified atom stereocenters. The number of benzene rings is 3. The quantitative estimate of drug-likeness (QED) is 0.310. The highest BCUT2D eigenvalue weighted by Crippen LogP contribution is 2.31. The fourth-order valence-corrected chi connectivity index (χ4v) is 4.95. The molecule has 0 aromatic heterocycles. The second-order valence-corrected chi connectivity index (χ2v) is 10.2. The Balaban J connectivity index is 1.39. The van der Waals surface area contributed by atoms with E-state index in [1.807, 2.05) is 0 Å². The van der Waals surface area contributed by atoms with Crippen molar-refractivity contribution in [1.82, 2.24) is 4.90 Å². The summed E-state index contributed by atoms with van der Waals surface area (Å²) in [6.07, 6.45) is -4.32. The Kier molecular flexibility index (Phi) is 8.38. The van der Waals surface area contributed by atoms with Gasteiger partial charge in [0.15, 0.2) is 0 Å². The number of ether oxygens (including phenoxy) is 1. The molecule has 196 valence electrons. The van der Waals surface area contributed by atoms with Gasteiger partial charge in [-0.1, -0.05) is 71.8 Å². The molecule has 2 atom stereocenters. The number of nitrogens with zero attached hydrogens (tertiary/aromatic N) is 1. The number of hydrogen-bond acceptors (Lipinski definition) is 3. The Labute approximate surface area is 217 Å². The fourth-order valence-electron chi connectivity index (χ4n) is 4.95. The maximum atomic E-state index is 12.4. The van der Waals surface area contributed by atoms with Crippen LogP contribution < -0.4 is 4.74 Å². The molecule has 0 bridgehead atoms. The van der Waals surface area contributed by atoms with E-state index in [9.17, 15) is 18.0 Å². The second-order valence-electron chi connectivity index (χ2n) is 10.2. The second kappa shape index (κ2) is 11.5. The molecule has 0 saturated carbocycles. The summed E-state index contributed by atoms with van der Waals surface area (Å²) in [5.74, 6) is -0.748. The van der Waals surface area contributed by atoms with Crippen LogP contribution in [0.1, 0.15) is 53.5 Å². The molecule has 1 aliphatic heterocycles. The molecule has 1 heterocycles. The van der Waals surface area contributed by atoms with Crippen molar-refractivity contribution in [2.45, 2.75) is 64.3 Å². The van der Waals surface area contributed by atoms with Gasteiger partial charge in [0.2, 0.25) is 5.78 Å². The van der Waals surface area contributed by atoms with E-state index in [1.54, 1.807) is 24.3 Å². The summed E-state index contributed by atoms with van der Waals surface area (Å²) in [4.78, 5) is 13.6. The van der Waals surface area contributed by atoms with E-state index < -0.39 is 18.4 Å². The normalized spacial score (nSPS) is 18.4. The topological polar surface area (TPSA) is 29.5 Å². The monoisotopic (exact) mass is 509 g/mol. The van der Waals surface area contributed by atoms with Crippen LogP contribution in [0.2, 0.25) is 0 Å². The number of carbonyl (C=O) groups excluding carboxylic acids is 1. The maximum Gasteiger partial charge on any atom is 0.449 e. The van der Waals surface area contributed by atoms with E-state index in [0.29, 0.717) is 17.4 Å². The summed E-state index contributed by atoms with van der Waals surface area (Å²) < 4.78 is 43.6. The number of hydrogen-bond donors (Lipinski definition) is 0. The zero-order valence-electron chi connectivity index (χ0n) is 21.6. The van der Waals surface area contributed by atoms with E-state index in [2.05, 4.69) is 74.2 Å². The lowest BCUT2D eigenvalue weighted by Crippen LogP contribution is -2.33. The zero-order valence-corrected chi connectivity index (χ0v) is 21.6. The SMILES string of the molecule is Cc1ccc(C(CN2CC(Oc3ccc(CCC(=O)C(F)(F)F)cc3)CC2C)c2ccc(C)cc2)cc1. The van der Waals surface area contributed by atoms with Crippen LogP contribution in [0.3, 0.4) is 0 Å². The summed E-state index contributed by atoms with van der Waals surface area (Å²) >= 11 is 0. The zero-order chi connectivity index (χ0) is 26.6. The van der Waals surface area contributed by atoms with Crippen molar-refractivity contribution >= 4 is 5.78 Å². The Morgan fingerprint density at radius 3 is 1.97 bits per heavy atom. The molecule has 0 radical (unpaired) electrons. The van der Waals surface area contributed by atoms with Crippen LogP contribution in [-0.2, 0) is 11.2 Å². The molecule has 3 aromatic carbocycles. The molecular weight excluding hydrogens is 475 g/mol. The summed E-state index contributed by atoms with van der Waals surface area (Å²) in [5.41, 5.74) is 5.77. The number of ketones is 1. The smallest absolute Gasteiger partial charge is 0.449 e. The Morgan fingerprint density at radius 1 is 0.919 bits per heavy atom. The number of rotatable bonds is 9. The van der Waals surface area contributed by atoms with Crippen LogP contribution in [0.15, 0.2) is 72.8 Å². The minimum Gasteiger partial charge on any atom is -0.489 e. The highest BCUT2D eigenvalue weighted by Gasteiger charge is 2.37. The van der Waals surface area contributed by atoms with Crippen LogP contribution >= 0.6 is 0 Å². The van der Waals surface area contributed by atoms with E-state index in [4.69, 9.17) is 4.74 Å². The maximum absolute atomic E-state index is 12.4. The molecule has 0 spiro atoms. The van der Waals surface area contributed by atoms with E-state index in [-0.39, 0.29) is 18.4 Å². The largest absolute Gasteiger partial charge is 0.489 e. The van der Waals surface area contributed by atoms with Crippen molar-refractivity contribution in [2.24, 2.45) is 0 Å². The lowest BCUT2D eigenvalue weighted by molar-refractivity contribution is -0.171. The highest BCUT2D eigenvalue weighted by molar-refractivity contribution is 5.84. The van der Waals surface area contributed by atoms with Crippen LogP contribution in [0.5, 0.6) is 5.75 Å². The summed E-state index contributed by atoms with van der Waals surface area (Å²) in [7, 11) is 0. The number of carbonyl (C=O) groups is 1. The van der Waals surface area contributed by atoms with Crippen molar-refractivity contribution in [2.75, 3.05) is 13.1 Å². The molecule has 1 saturated heterocycles. The first-order valence-electron chi connectivity index (χ1n) is 12.8. The van der Waals surface area contributed by atoms with Gasteiger partial charge in [0.25, 0.3) is 0 Å². The van der Waals surface area contributed by atoms with Crippen molar-refractivity contribution in [3.05, 3.63) is 101 Å². The molecular formula is C31H34F3NO2. The van der Waals surface area contributed by atoms with Gasteiger partial charge in [-0.15, -0.1) is 0 Å². The Hall–Kier alpha value is -3.12. The molecule has 37 heavy (non-hydrogen) atoms. The summed E-state index contributed by atoms with van der Waals surface area (Å²) in [6, 6.07) is 24.9. The number of halogens is 3. The number of aryl methyl sites for hydroxylation is 3. The number of likely N-dealkylation sites (tertiary alicyclic amines) is 1. The minimum atomic E-state index is -4.77. The number of alkyl halides is 3. The van der Waals surface area contributed by atoms with Gasteiger partial charge in [0, 0.05) is 37.9 Å². The highest BCUT2D eigenvalue weighted by atomic mass is 19.4. The molecule has 3 nitrogen and oxygen atoms in total. The summed E-state index contributed by atoms with van der Waals surface area (Å²) in [5, 5.41) is 0. The Bertz CT molecular complexity index is 1130. The van der Waals surface area contributed by atoms with E-state index >= 15 is 0 Å². The predicted molar refractivity (Wildman–Crippen MR) is 140 cm³/mol. The molecule has 0 N–H and O–H groups in total. The molecule has 6 heteroatoms. The molecule has 1 aliphatic rings. The van der Waals surface area contributed by atoms with E-state index in [1.165, 1.54) is 22.3 Å². The van der Waals surface area contributed by atoms with Gasteiger partial charge in [0.05, 0.1) is 0 Å². The minimum absolute atomic E-state index is 0.0318. The van der Waals surface area contributed by atoms with Gasteiger partial charge in [0.1, 0.15) is 11.9 Å². The van der Waals surface area contributed by atoms with Crippen LogP contribution in [0.4, 0.5) is 13.2 Å². The standard InChI is InChI=1S/C31H34F3NO2/c1-21-4-11-25(12-5-21)29(26-13-6-22(2)7-14-26)20-35-19-28(18-23(35)3)37-27-15-8-24(9-16-27)10-17-30(36)31(32,33)34/h4-9,11-16,23,28-29H,10,17-20H2,1-3H3. The molecule has 3 aromatic rings. The first-order valence-corrected chi connectivity index (χ1v) is 12.8.